The second kappa shape index (κ2) is 4.94. The molecule has 0 bridgehead atoms. The van der Waals surface area contributed by atoms with Gasteiger partial charge in [-0.25, -0.2) is 0 Å². The third-order valence-corrected chi connectivity index (χ3v) is 3.34. The summed E-state index contributed by atoms with van der Waals surface area (Å²) in [5.74, 6) is 0.562. The van der Waals surface area contributed by atoms with Crippen LogP contribution in [-0.2, 0) is 0 Å². The predicted octanol–water partition coefficient (Wildman–Crippen LogP) is 4.02. The zero-order valence-electron chi connectivity index (χ0n) is 8.92. The molecule has 0 heterocycles. The van der Waals surface area contributed by atoms with E-state index in [1.54, 1.807) is 6.92 Å². The molecular formula is C12H17BrO. The van der Waals surface area contributed by atoms with Crippen LogP contribution < -0.4 is 0 Å². The van der Waals surface area contributed by atoms with Crippen molar-refractivity contribution in [2.75, 3.05) is 0 Å². The summed E-state index contributed by atoms with van der Waals surface area (Å²) in [5.41, 5.74) is 2.28. The van der Waals surface area contributed by atoms with Crippen molar-refractivity contribution in [2.45, 2.75) is 39.2 Å². The molecule has 2 heteroatoms. The van der Waals surface area contributed by atoms with E-state index in [-0.39, 0.29) is 0 Å². The molecule has 0 aliphatic carbocycles. The lowest BCUT2D eigenvalue weighted by molar-refractivity contribution is 0.199. The Kier molecular flexibility index (Phi) is 4.14. The van der Waals surface area contributed by atoms with Crippen molar-refractivity contribution in [3.8, 4) is 0 Å². The van der Waals surface area contributed by atoms with Gasteiger partial charge in [0.25, 0.3) is 0 Å². The van der Waals surface area contributed by atoms with Crippen LogP contribution in [0.15, 0.2) is 22.7 Å². The Morgan fingerprint density at radius 1 is 1.36 bits per heavy atom. The Labute approximate surface area is 94.3 Å². The lowest BCUT2D eigenvalue weighted by Crippen LogP contribution is -1.96. The van der Waals surface area contributed by atoms with Gasteiger partial charge in [0.05, 0.1) is 6.10 Å². The van der Waals surface area contributed by atoms with E-state index < -0.39 is 6.10 Å². The van der Waals surface area contributed by atoms with Crippen molar-refractivity contribution >= 4 is 15.9 Å². The second-order valence-corrected chi connectivity index (χ2v) is 4.62. The van der Waals surface area contributed by atoms with Crippen LogP contribution in [0.3, 0.4) is 0 Å². The molecule has 0 amide bonds. The molecule has 1 rings (SSSR count). The minimum absolute atomic E-state index is 0.391. The molecule has 1 nitrogen and oxygen atoms in total. The SMILES string of the molecule is CCC(C)c1ccc(C(C)O)cc1Br. The van der Waals surface area contributed by atoms with Crippen LogP contribution in [-0.4, -0.2) is 5.11 Å². The molecule has 0 fully saturated rings. The first-order valence-corrected chi connectivity index (χ1v) is 5.83. The van der Waals surface area contributed by atoms with Crippen LogP contribution in [0.4, 0.5) is 0 Å². The number of hydrogen-bond acceptors (Lipinski definition) is 1. The summed E-state index contributed by atoms with van der Waals surface area (Å²) in [6.07, 6.45) is 0.740. The van der Waals surface area contributed by atoms with Gasteiger partial charge in [0, 0.05) is 4.47 Å². The molecule has 2 atom stereocenters. The number of aliphatic hydroxyl groups is 1. The van der Waals surface area contributed by atoms with Crippen molar-refractivity contribution in [1.82, 2.24) is 0 Å². The van der Waals surface area contributed by atoms with Crippen LogP contribution in [0.2, 0.25) is 0 Å². The third kappa shape index (κ3) is 2.58. The average Bonchev–Trinajstić information content (AvgIpc) is 2.16. The Balaban J connectivity index is 3.01. The zero-order valence-corrected chi connectivity index (χ0v) is 10.5. The summed E-state index contributed by atoms with van der Waals surface area (Å²) in [6.45, 7) is 6.17. The first-order valence-electron chi connectivity index (χ1n) is 5.03. The molecule has 1 aromatic carbocycles. The van der Waals surface area contributed by atoms with Crippen molar-refractivity contribution in [2.24, 2.45) is 0 Å². The van der Waals surface area contributed by atoms with Gasteiger partial charge in [-0.3, -0.25) is 0 Å². The first-order chi connectivity index (χ1) is 6.56. The largest absolute Gasteiger partial charge is 0.389 e. The van der Waals surface area contributed by atoms with Crippen molar-refractivity contribution < 1.29 is 5.11 Å². The van der Waals surface area contributed by atoms with Gasteiger partial charge in [-0.1, -0.05) is 41.9 Å². The highest BCUT2D eigenvalue weighted by Gasteiger charge is 2.09. The zero-order chi connectivity index (χ0) is 10.7. The fourth-order valence-electron chi connectivity index (χ4n) is 1.42. The Bertz CT molecular complexity index is 307. The Hall–Kier alpha value is -0.340. The third-order valence-electron chi connectivity index (χ3n) is 2.65. The minimum Gasteiger partial charge on any atom is -0.389 e. The Morgan fingerprint density at radius 2 is 2.00 bits per heavy atom. The highest BCUT2D eigenvalue weighted by molar-refractivity contribution is 9.10. The second-order valence-electron chi connectivity index (χ2n) is 3.77. The maximum absolute atomic E-state index is 9.41. The molecule has 0 saturated heterocycles. The van der Waals surface area contributed by atoms with Gasteiger partial charge >= 0.3 is 0 Å². The molecule has 0 spiro atoms. The minimum atomic E-state index is -0.391. The summed E-state index contributed by atoms with van der Waals surface area (Å²) in [7, 11) is 0. The Morgan fingerprint density at radius 3 is 2.43 bits per heavy atom. The van der Waals surface area contributed by atoms with Gasteiger partial charge in [0.1, 0.15) is 0 Å². The molecule has 0 radical (unpaired) electrons. The summed E-state index contributed by atoms with van der Waals surface area (Å²) >= 11 is 3.55. The van der Waals surface area contributed by atoms with Gasteiger partial charge in [-0.2, -0.15) is 0 Å². The van der Waals surface area contributed by atoms with E-state index in [1.807, 2.05) is 12.1 Å². The molecule has 2 unspecified atom stereocenters. The molecule has 78 valence electrons. The van der Waals surface area contributed by atoms with E-state index in [0.29, 0.717) is 5.92 Å². The monoisotopic (exact) mass is 256 g/mol. The molecule has 0 saturated carbocycles. The number of benzene rings is 1. The van der Waals surface area contributed by atoms with Crippen LogP contribution >= 0.6 is 15.9 Å². The highest BCUT2D eigenvalue weighted by Crippen LogP contribution is 2.29. The lowest BCUT2D eigenvalue weighted by Gasteiger charge is -2.13. The van der Waals surface area contributed by atoms with Crippen LogP contribution in [0.5, 0.6) is 0 Å². The van der Waals surface area contributed by atoms with E-state index in [4.69, 9.17) is 0 Å². The summed E-state index contributed by atoms with van der Waals surface area (Å²) in [4.78, 5) is 0. The van der Waals surface area contributed by atoms with E-state index in [1.165, 1.54) is 5.56 Å². The van der Waals surface area contributed by atoms with Gasteiger partial charge < -0.3 is 5.11 Å². The van der Waals surface area contributed by atoms with E-state index in [2.05, 4.69) is 35.8 Å². The summed E-state index contributed by atoms with van der Waals surface area (Å²) in [6, 6.07) is 6.10. The summed E-state index contributed by atoms with van der Waals surface area (Å²) < 4.78 is 1.10. The predicted molar refractivity (Wildman–Crippen MR) is 63.5 cm³/mol. The van der Waals surface area contributed by atoms with Crippen LogP contribution in [0.1, 0.15) is 50.3 Å². The van der Waals surface area contributed by atoms with Crippen molar-refractivity contribution in [3.05, 3.63) is 33.8 Å². The number of halogens is 1. The highest BCUT2D eigenvalue weighted by atomic mass is 79.9. The number of aliphatic hydroxyl groups excluding tert-OH is 1. The quantitative estimate of drug-likeness (QED) is 0.867. The molecule has 1 aromatic rings. The topological polar surface area (TPSA) is 20.2 Å². The number of hydrogen-bond donors (Lipinski definition) is 1. The van der Waals surface area contributed by atoms with Gasteiger partial charge in [0.15, 0.2) is 0 Å². The fraction of sp³-hybridized carbons (Fsp3) is 0.500. The fourth-order valence-corrected chi connectivity index (χ4v) is 2.21. The first kappa shape index (κ1) is 11.7. The average molecular weight is 257 g/mol. The van der Waals surface area contributed by atoms with E-state index >= 15 is 0 Å². The van der Waals surface area contributed by atoms with E-state index in [0.717, 1.165) is 16.5 Å². The maximum atomic E-state index is 9.41. The molecule has 1 N–H and O–H groups in total. The van der Waals surface area contributed by atoms with Gasteiger partial charge in [0.2, 0.25) is 0 Å². The molecule has 0 aromatic heterocycles. The molecule has 0 aliphatic rings. The maximum Gasteiger partial charge on any atom is 0.0762 e. The molecular weight excluding hydrogens is 240 g/mol. The van der Waals surface area contributed by atoms with Crippen LogP contribution in [0, 0.1) is 0 Å². The van der Waals surface area contributed by atoms with Gasteiger partial charge in [-0.15, -0.1) is 0 Å². The number of rotatable bonds is 3. The van der Waals surface area contributed by atoms with E-state index in [9.17, 15) is 5.11 Å². The standard InChI is InChI=1S/C12H17BrO/c1-4-8(2)11-6-5-10(9(3)14)7-12(11)13/h5-9,14H,4H2,1-3H3. The smallest absolute Gasteiger partial charge is 0.0762 e. The van der Waals surface area contributed by atoms with Crippen LogP contribution in [0.25, 0.3) is 0 Å². The van der Waals surface area contributed by atoms with Crippen molar-refractivity contribution in [3.63, 3.8) is 0 Å². The lowest BCUT2D eigenvalue weighted by atomic mass is 9.97. The van der Waals surface area contributed by atoms with Crippen molar-refractivity contribution in [1.29, 1.82) is 0 Å². The summed E-state index contributed by atoms with van der Waals surface area (Å²) in [5, 5.41) is 9.41. The normalized spacial score (nSPS) is 15.2. The van der Waals surface area contributed by atoms with Gasteiger partial charge in [-0.05, 0) is 36.5 Å². The molecule has 14 heavy (non-hydrogen) atoms. The molecule has 0 aliphatic heterocycles.